The lowest BCUT2D eigenvalue weighted by molar-refractivity contribution is -0.118. The van der Waals surface area contributed by atoms with Crippen molar-refractivity contribution in [1.29, 1.82) is 0 Å². The average Bonchev–Trinajstić information content (AvgIpc) is 2.20. The van der Waals surface area contributed by atoms with Gasteiger partial charge >= 0.3 is 0 Å². The highest BCUT2D eigenvalue weighted by molar-refractivity contribution is 7.92. The molecule has 0 saturated carbocycles. The first kappa shape index (κ1) is 16.6. The minimum atomic E-state index is -3.17. The lowest BCUT2D eigenvalue weighted by Gasteiger charge is -2.18. The Kier molecular flexibility index (Phi) is 6.94. The summed E-state index contributed by atoms with van der Waals surface area (Å²) in [5.41, 5.74) is 5.34. The number of sulfone groups is 1. The Bertz CT molecular complexity index is 328. The van der Waals surface area contributed by atoms with Crippen LogP contribution in [-0.4, -0.2) is 31.2 Å². The molecule has 0 aliphatic rings. The van der Waals surface area contributed by atoms with Crippen molar-refractivity contribution in [3.63, 3.8) is 0 Å². The molecule has 0 aliphatic carbocycles. The molecule has 0 atom stereocenters. The topological polar surface area (TPSA) is 77.2 Å². The third kappa shape index (κ3) is 6.78. The molecular weight excluding hydrogens is 238 g/mol. The number of hydrogen-bond acceptors (Lipinski definition) is 4. The molecule has 0 spiro atoms. The fraction of sp³-hybridized carbons (Fsp3) is 0.917. The van der Waals surface area contributed by atoms with Gasteiger partial charge in [-0.15, -0.1) is 0 Å². The van der Waals surface area contributed by atoms with Gasteiger partial charge in [-0.25, -0.2) is 8.42 Å². The molecule has 0 fully saturated rings. The molecule has 0 unspecified atom stereocenters. The van der Waals surface area contributed by atoms with Crippen molar-refractivity contribution < 1.29 is 13.2 Å². The summed E-state index contributed by atoms with van der Waals surface area (Å²) in [6.45, 7) is 5.63. The molecule has 2 N–H and O–H groups in total. The van der Waals surface area contributed by atoms with Gasteiger partial charge in [0.1, 0.15) is 5.78 Å². The average molecular weight is 263 g/mol. The van der Waals surface area contributed by atoms with E-state index < -0.39 is 14.6 Å². The minimum Gasteiger partial charge on any atom is -0.330 e. The summed E-state index contributed by atoms with van der Waals surface area (Å²) in [7, 11) is -3.17. The predicted molar refractivity (Wildman–Crippen MR) is 70.7 cm³/mol. The molecule has 102 valence electrons. The Morgan fingerprint density at radius 3 is 2.12 bits per heavy atom. The van der Waals surface area contributed by atoms with E-state index in [1.165, 1.54) is 0 Å². The van der Waals surface area contributed by atoms with Crippen LogP contribution in [0.3, 0.4) is 0 Å². The SMILES string of the molecule is CC(C)(C)S(=O)(=O)CCC(=O)CCCCCN. The van der Waals surface area contributed by atoms with Crippen molar-refractivity contribution >= 4 is 15.6 Å². The summed E-state index contributed by atoms with van der Waals surface area (Å²) >= 11 is 0. The standard InChI is InChI=1S/C12H25NO3S/c1-12(2,3)17(15,16)10-8-11(14)7-5-4-6-9-13/h4-10,13H2,1-3H3. The van der Waals surface area contributed by atoms with E-state index in [0.29, 0.717) is 13.0 Å². The molecule has 0 aromatic rings. The maximum absolute atomic E-state index is 11.8. The molecule has 0 heterocycles. The van der Waals surface area contributed by atoms with Gasteiger partial charge in [-0.1, -0.05) is 6.42 Å². The second-order valence-corrected chi connectivity index (χ2v) is 8.18. The van der Waals surface area contributed by atoms with Crippen LogP contribution in [0.25, 0.3) is 0 Å². The summed E-state index contributed by atoms with van der Waals surface area (Å²) in [5.74, 6) is 0.00140. The van der Waals surface area contributed by atoms with Crippen molar-refractivity contribution in [2.45, 2.75) is 57.6 Å². The first-order chi connectivity index (χ1) is 7.70. The molecule has 5 heteroatoms. The number of ketones is 1. The Hall–Kier alpha value is -0.420. The molecule has 0 aromatic carbocycles. The van der Waals surface area contributed by atoms with E-state index in [9.17, 15) is 13.2 Å². The van der Waals surface area contributed by atoms with Gasteiger partial charge < -0.3 is 5.73 Å². The molecule has 0 saturated heterocycles. The van der Waals surface area contributed by atoms with Crippen LogP contribution in [-0.2, 0) is 14.6 Å². The lowest BCUT2D eigenvalue weighted by Crippen LogP contribution is -2.31. The smallest absolute Gasteiger partial charge is 0.155 e. The predicted octanol–water partition coefficient (Wildman–Crippen LogP) is 1.68. The summed E-state index contributed by atoms with van der Waals surface area (Å²) < 4.78 is 22.8. The summed E-state index contributed by atoms with van der Waals surface area (Å²) in [6, 6.07) is 0. The van der Waals surface area contributed by atoms with Crippen LogP contribution in [0.1, 0.15) is 52.9 Å². The summed E-state index contributed by atoms with van der Waals surface area (Å²) in [4.78, 5) is 11.5. The van der Waals surface area contributed by atoms with E-state index in [2.05, 4.69) is 0 Å². The highest BCUT2D eigenvalue weighted by Crippen LogP contribution is 2.17. The van der Waals surface area contributed by atoms with Crippen molar-refractivity contribution in [3.05, 3.63) is 0 Å². The van der Waals surface area contributed by atoms with Crippen LogP contribution in [0.5, 0.6) is 0 Å². The van der Waals surface area contributed by atoms with Gasteiger partial charge in [0.15, 0.2) is 9.84 Å². The van der Waals surface area contributed by atoms with Gasteiger partial charge in [0, 0.05) is 12.8 Å². The van der Waals surface area contributed by atoms with Gasteiger partial charge in [0.25, 0.3) is 0 Å². The van der Waals surface area contributed by atoms with E-state index in [1.54, 1.807) is 20.8 Å². The number of hydrogen-bond donors (Lipinski definition) is 1. The molecule has 0 aliphatic heterocycles. The molecular formula is C12H25NO3S. The number of carbonyl (C=O) groups excluding carboxylic acids is 1. The van der Waals surface area contributed by atoms with Crippen molar-refractivity contribution in [2.75, 3.05) is 12.3 Å². The maximum Gasteiger partial charge on any atom is 0.155 e. The van der Waals surface area contributed by atoms with Crippen molar-refractivity contribution in [2.24, 2.45) is 5.73 Å². The lowest BCUT2D eigenvalue weighted by atomic mass is 10.1. The molecule has 0 aromatic heterocycles. The van der Waals surface area contributed by atoms with Crippen LogP contribution in [0.2, 0.25) is 0 Å². The third-order valence-electron chi connectivity index (χ3n) is 2.74. The molecule has 4 nitrogen and oxygen atoms in total. The van der Waals surface area contributed by atoms with E-state index in [4.69, 9.17) is 5.73 Å². The van der Waals surface area contributed by atoms with E-state index >= 15 is 0 Å². The second-order valence-electron chi connectivity index (χ2n) is 5.32. The second kappa shape index (κ2) is 7.11. The molecule has 0 bridgehead atoms. The van der Waals surface area contributed by atoms with Crippen LogP contribution < -0.4 is 5.73 Å². The Morgan fingerprint density at radius 2 is 1.65 bits per heavy atom. The fourth-order valence-corrected chi connectivity index (χ4v) is 2.43. The highest BCUT2D eigenvalue weighted by atomic mass is 32.2. The highest BCUT2D eigenvalue weighted by Gasteiger charge is 2.28. The van der Waals surface area contributed by atoms with E-state index in [0.717, 1.165) is 19.3 Å². The Balaban J connectivity index is 3.93. The minimum absolute atomic E-state index is 0.0355. The molecule has 0 radical (unpaired) electrons. The zero-order valence-electron chi connectivity index (χ0n) is 11.2. The summed E-state index contributed by atoms with van der Waals surface area (Å²) in [6.07, 6.45) is 3.29. The Labute approximate surface area is 105 Å². The zero-order valence-corrected chi connectivity index (χ0v) is 12.0. The van der Waals surface area contributed by atoms with Crippen LogP contribution in [0.4, 0.5) is 0 Å². The first-order valence-electron chi connectivity index (χ1n) is 6.15. The number of carbonyl (C=O) groups is 1. The number of nitrogens with two attached hydrogens (primary N) is 1. The quantitative estimate of drug-likeness (QED) is 0.676. The van der Waals surface area contributed by atoms with Gasteiger partial charge in [-0.3, -0.25) is 4.79 Å². The van der Waals surface area contributed by atoms with E-state index in [-0.39, 0.29) is 18.0 Å². The normalized spacial score (nSPS) is 12.7. The third-order valence-corrected chi connectivity index (χ3v) is 5.35. The maximum atomic E-state index is 11.8. The largest absolute Gasteiger partial charge is 0.330 e. The van der Waals surface area contributed by atoms with E-state index in [1.807, 2.05) is 0 Å². The first-order valence-corrected chi connectivity index (χ1v) is 7.80. The molecule has 0 amide bonds. The number of Topliss-reactive ketones (excluding diaryl/α,β-unsaturated/α-hetero) is 1. The van der Waals surface area contributed by atoms with Crippen LogP contribution >= 0.6 is 0 Å². The Morgan fingerprint density at radius 1 is 1.06 bits per heavy atom. The summed E-state index contributed by atoms with van der Waals surface area (Å²) in [5, 5.41) is 0. The van der Waals surface area contributed by atoms with Crippen LogP contribution in [0.15, 0.2) is 0 Å². The van der Waals surface area contributed by atoms with Gasteiger partial charge in [0.2, 0.25) is 0 Å². The van der Waals surface area contributed by atoms with Crippen molar-refractivity contribution in [1.82, 2.24) is 0 Å². The molecule has 0 rings (SSSR count). The van der Waals surface area contributed by atoms with Crippen LogP contribution in [0, 0.1) is 0 Å². The fourth-order valence-electron chi connectivity index (χ4n) is 1.32. The molecule has 17 heavy (non-hydrogen) atoms. The monoisotopic (exact) mass is 263 g/mol. The van der Waals surface area contributed by atoms with Gasteiger partial charge in [-0.05, 0) is 40.2 Å². The van der Waals surface area contributed by atoms with Gasteiger partial charge in [-0.2, -0.15) is 0 Å². The van der Waals surface area contributed by atoms with Crippen molar-refractivity contribution in [3.8, 4) is 0 Å². The zero-order chi connectivity index (χ0) is 13.5. The van der Waals surface area contributed by atoms with Gasteiger partial charge in [0.05, 0.1) is 10.5 Å². The number of rotatable bonds is 8. The number of unbranched alkanes of at least 4 members (excludes halogenated alkanes) is 2.